The van der Waals surface area contributed by atoms with Crippen molar-refractivity contribution in [1.29, 1.82) is 0 Å². The quantitative estimate of drug-likeness (QED) is 0.697. The smallest absolute Gasteiger partial charge is 0.166 e. The Balaban J connectivity index is 1.52. The molecule has 0 radical (unpaired) electrons. The van der Waals surface area contributed by atoms with Gasteiger partial charge in [0.05, 0.1) is 18.1 Å². The Bertz CT molecular complexity index is 839. The van der Waals surface area contributed by atoms with Gasteiger partial charge in [-0.25, -0.2) is 4.98 Å². The fourth-order valence-electron chi connectivity index (χ4n) is 3.20. The van der Waals surface area contributed by atoms with Crippen LogP contribution < -0.4 is 9.64 Å². The molecule has 0 saturated carbocycles. The van der Waals surface area contributed by atoms with E-state index in [9.17, 15) is 0 Å². The predicted octanol–water partition coefficient (Wildman–Crippen LogP) is 4.46. The molecule has 0 amide bonds. The Morgan fingerprint density at radius 3 is 2.83 bits per heavy atom. The molecule has 24 heavy (non-hydrogen) atoms. The van der Waals surface area contributed by atoms with E-state index in [1.807, 2.05) is 18.2 Å². The van der Waals surface area contributed by atoms with Crippen LogP contribution >= 0.6 is 11.8 Å². The summed E-state index contributed by atoms with van der Waals surface area (Å²) in [6.07, 6.45) is 2.60. The molecule has 1 aromatic heterocycles. The summed E-state index contributed by atoms with van der Waals surface area (Å²) in [5.41, 5.74) is 4.75. The van der Waals surface area contributed by atoms with Gasteiger partial charge in [0.2, 0.25) is 0 Å². The summed E-state index contributed by atoms with van der Waals surface area (Å²) in [5, 5.41) is 0.953. The van der Waals surface area contributed by atoms with E-state index in [2.05, 4.69) is 39.1 Å². The van der Waals surface area contributed by atoms with Crippen molar-refractivity contribution in [3.8, 4) is 5.75 Å². The van der Waals surface area contributed by atoms with Gasteiger partial charge in [-0.1, -0.05) is 30.0 Å². The Labute approximate surface area is 146 Å². The Morgan fingerprint density at radius 1 is 1.17 bits per heavy atom. The number of nitrogens with zero attached hydrogens (tertiary/aromatic N) is 2. The van der Waals surface area contributed by atoms with Crippen LogP contribution in [-0.2, 0) is 5.75 Å². The number of imidazole rings is 1. The van der Waals surface area contributed by atoms with E-state index in [0.717, 1.165) is 27.7 Å². The van der Waals surface area contributed by atoms with Gasteiger partial charge in [-0.2, -0.15) is 0 Å². The molecule has 2 aromatic carbocycles. The summed E-state index contributed by atoms with van der Waals surface area (Å²) in [5.74, 6) is 1.76. The van der Waals surface area contributed by atoms with E-state index in [1.165, 1.54) is 37.2 Å². The number of para-hydroxylation sites is 1. The molecule has 1 aliphatic rings. The standard InChI is InChI=1S/C19H21N3OS/c1-23-15-8-9-16-17(12-15)21-19(20-16)24-13-14-6-2-3-7-18(14)22-10-4-5-11-22/h2-3,6-9,12H,4-5,10-11,13H2,1H3,(H,20,21). The minimum Gasteiger partial charge on any atom is -0.497 e. The highest BCUT2D eigenvalue weighted by molar-refractivity contribution is 7.98. The van der Waals surface area contributed by atoms with E-state index in [-0.39, 0.29) is 0 Å². The average Bonchev–Trinajstić information content (AvgIpc) is 3.28. The highest BCUT2D eigenvalue weighted by Crippen LogP contribution is 2.30. The van der Waals surface area contributed by atoms with Gasteiger partial charge in [0.25, 0.3) is 0 Å². The lowest BCUT2D eigenvalue weighted by Gasteiger charge is -2.21. The number of fused-ring (bicyclic) bond motifs is 1. The number of methoxy groups -OCH3 is 1. The first-order chi connectivity index (χ1) is 11.8. The van der Waals surface area contributed by atoms with Gasteiger partial charge in [-0.15, -0.1) is 0 Å². The highest BCUT2D eigenvalue weighted by Gasteiger charge is 2.15. The summed E-state index contributed by atoms with van der Waals surface area (Å²) in [6, 6.07) is 14.7. The summed E-state index contributed by atoms with van der Waals surface area (Å²) < 4.78 is 5.27. The second-order valence-electron chi connectivity index (χ2n) is 6.04. The van der Waals surface area contributed by atoms with Gasteiger partial charge in [0.1, 0.15) is 5.75 Å². The zero-order valence-electron chi connectivity index (χ0n) is 13.8. The lowest BCUT2D eigenvalue weighted by atomic mass is 10.2. The van der Waals surface area contributed by atoms with Gasteiger partial charge < -0.3 is 14.6 Å². The largest absolute Gasteiger partial charge is 0.497 e. The van der Waals surface area contributed by atoms with Crippen molar-refractivity contribution in [3.63, 3.8) is 0 Å². The Hall–Kier alpha value is -2.14. The van der Waals surface area contributed by atoms with Crippen LogP contribution in [0.5, 0.6) is 5.75 Å². The number of hydrogen-bond acceptors (Lipinski definition) is 4. The van der Waals surface area contributed by atoms with Gasteiger partial charge >= 0.3 is 0 Å². The van der Waals surface area contributed by atoms with Gasteiger partial charge in [-0.05, 0) is 36.6 Å². The summed E-state index contributed by atoms with van der Waals surface area (Å²) in [7, 11) is 1.68. The van der Waals surface area contributed by atoms with Crippen LogP contribution in [0.4, 0.5) is 5.69 Å². The molecule has 0 bridgehead atoms. The number of ether oxygens (including phenoxy) is 1. The lowest BCUT2D eigenvalue weighted by molar-refractivity contribution is 0.415. The van der Waals surface area contributed by atoms with Crippen molar-refractivity contribution >= 4 is 28.5 Å². The second-order valence-corrected chi connectivity index (χ2v) is 7.00. The van der Waals surface area contributed by atoms with Crippen LogP contribution in [0.25, 0.3) is 11.0 Å². The first-order valence-electron chi connectivity index (χ1n) is 8.33. The Morgan fingerprint density at radius 2 is 2.00 bits per heavy atom. The van der Waals surface area contributed by atoms with Crippen molar-refractivity contribution in [2.24, 2.45) is 0 Å². The molecule has 0 spiro atoms. The van der Waals surface area contributed by atoms with E-state index >= 15 is 0 Å². The van der Waals surface area contributed by atoms with Crippen molar-refractivity contribution in [2.75, 3.05) is 25.1 Å². The zero-order chi connectivity index (χ0) is 16.4. The van der Waals surface area contributed by atoms with Gasteiger partial charge in [0.15, 0.2) is 5.16 Å². The number of nitrogens with one attached hydrogen (secondary N) is 1. The maximum atomic E-state index is 5.27. The first-order valence-corrected chi connectivity index (χ1v) is 9.31. The maximum Gasteiger partial charge on any atom is 0.166 e. The third-order valence-corrected chi connectivity index (χ3v) is 5.39. The van der Waals surface area contributed by atoms with Crippen molar-refractivity contribution in [2.45, 2.75) is 23.8 Å². The Kier molecular flexibility index (Phi) is 4.34. The molecule has 4 nitrogen and oxygen atoms in total. The van der Waals surface area contributed by atoms with E-state index in [0.29, 0.717) is 0 Å². The van der Waals surface area contributed by atoms with Crippen LogP contribution in [0.15, 0.2) is 47.6 Å². The van der Waals surface area contributed by atoms with E-state index in [4.69, 9.17) is 4.74 Å². The minimum absolute atomic E-state index is 0.838. The van der Waals surface area contributed by atoms with Crippen LogP contribution in [0.1, 0.15) is 18.4 Å². The minimum atomic E-state index is 0.838. The number of benzene rings is 2. The van der Waals surface area contributed by atoms with Crippen LogP contribution in [-0.4, -0.2) is 30.2 Å². The third kappa shape index (κ3) is 3.08. The number of rotatable bonds is 5. The summed E-state index contributed by atoms with van der Waals surface area (Å²) in [6.45, 7) is 2.35. The molecule has 1 saturated heterocycles. The maximum absolute atomic E-state index is 5.27. The van der Waals surface area contributed by atoms with E-state index < -0.39 is 0 Å². The number of hydrogen-bond donors (Lipinski definition) is 1. The number of aromatic amines is 1. The van der Waals surface area contributed by atoms with Crippen molar-refractivity contribution in [1.82, 2.24) is 9.97 Å². The molecule has 1 aliphatic heterocycles. The normalized spacial score (nSPS) is 14.5. The summed E-state index contributed by atoms with van der Waals surface area (Å²) >= 11 is 1.75. The topological polar surface area (TPSA) is 41.1 Å². The zero-order valence-corrected chi connectivity index (χ0v) is 14.6. The number of anilines is 1. The molecular formula is C19H21N3OS. The molecule has 0 atom stereocenters. The SMILES string of the molecule is COc1ccc2[nH]c(SCc3ccccc3N3CCCC3)nc2c1. The first kappa shape index (κ1) is 15.4. The molecular weight excluding hydrogens is 318 g/mol. The van der Waals surface area contributed by atoms with Crippen LogP contribution in [0.3, 0.4) is 0 Å². The number of H-pyrrole nitrogens is 1. The number of aromatic nitrogens is 2. The monoisotopic (exact) mass is 339 g/mol. The molecule has 124 valence electrons. The molecule has 0 aliphatic carbocycles. The molecule has 3 aromatic rings. The molecule has 1 fully saturated rings. The van der Waals surface area contributed by atoms with Crippen molar-refractivity contribution < 1.29 is 4.74 Å². The van der Waals surface area contributed by atoms with Crippen LogP contribution in [0.2, 0.25) is 0 Å². The molecule has 1 N–H and O–H groups in total. The molecule has 2 heterocycles. The van der Waals surface area contributed by atoms with E-state index in [1.54, 1.807) is 18.9 Å². The fourth-order valence-corrected chi connectivity index (χ4v) is 4.08. The van der Waals surface area contributed by atoms with Gasteiger partial charge in [-0.3, -0.25) is 0 Å². The van der Waals surface area contributed by atoms with Crippen molar-refractivity contribution in [3.05, 3.63) is 48.0 Å². The highest BCUT2D eigenvalue weighted by atomic mass is 32.2. The molecule has 5 heteroatoms. The van der Waals surface area contributed by atoms with Gasteiger partial charge in [0, 0.05) is 30.6 Å². The fraction of sp³-hybridized carbons (Fsp3) is 0.316. The number of thioether (sulfide) groups is 1. The average molecular weight is 339 g/mol. The second kappa shape index (κ2) is 6.77. The molecule has 0 unspecified atom stereocenters. The van der Waals surface area contributed by atoms with Crippen LogP contribution in [0, 0.1) is 0 Å². The predicted molar refractivity (Wildman–Crippen MR) is 100 cm³/mol. The molecule has 4 rings (SSSR count). The lowest BCUT2D eigenvalue weighted by Crippen LogP contribution is -2.18. The third-order valence-electron chi connectivity index (χ3n) is 4.47. The summed E-state index contributed by atoms with van der Waals surface area (Å²) in [4.78, 5) is 10.6.